The lowest BCUT2D eigenvalue weighted by atomic mass is 10.1. The van der Waals surface area contributed by atoms with Crippen LogP contribution in [0.15, 0.2) is 104 Å². The fraction of sp³-hybridized carbons (Fsp3) is 0.385. The number of aromatic nitrogens is 4. The van der Waals surface area contributed by atoms with E-state index in [2.05, 4.69) is 65.3 Å². The van der Waals surface area contributed by atoms with Crippen molar-refractivity contribution in [3.8, 4) is 0 Å². The van der Waals surface area contributed by atoms with Crippen molar-refractivity contribution in [3.63, 3.8) is 0 Å². The fourth-order valence-electron chi connectivity index (χ4n) is 6.86. The van der Waals surface area contributed by atoms with Gasteiger partial charge in [0.25, 0.3) is 20.0 Å². The molecule has 13 nitrogen and oxygen atoms in total. The Bertz CT molecular complexity index is 2090. The fourth-order valence-corrected chi connectivity index (χ4v) is 13.2. The average molecular weight is 802 g/mol. The Morgan fingerprint density at radius 2 is 1.47 bits per heavy atom. The predicted octanol–water partition coefficient (Wildman–Crippen LogP) is 5.67. The van der Waals surface area contributed by atoms with Gasteiger partial charge in [-0.05, 0) is 50.2 Å². The molecule has 5 aromatic rings. The van der Waals surface area contributed by atoms with Crippen molar-refractivity contribution >= 4 is 58.2 Å². The molecule has 3 heterocycles. The average Bonchev–Trinajstić information content (AvgIpc) is 3.67. The summed E-state index contributed by atoms with van der Waals surface area (Å²) in [5.41, 5.74) is 0.730. The van der Waals surface area contributed by atoms with Gasteiger partial charge in [0.05, 0.1) is 12.9 Å². The van der Waals surface area contributed by atoms with Crippen LogP contribution in [0.3, 0.4) is 0 Å². The minimum Gasteiger partial charge on any atom is -0.566 e. The van der Waals surface area contributed by atoms with Crippen molar-refractivity contribution < 1.29 is 37.5 Å². The van der Waals surface area contributed by atoms with E-state index in [1.807, 2.05) is 70.3 Å². The van der Waals surface area contributed by atoms with Gasteiger partial charge < -0.3 is 28.9 Å². The molecule has 3 aromatic carbocycles. The molecule has 16 heteroatoms. The van der Waals surface area contributed by atoms with Gasteiger partial charge in [0.15, 0.2) is 31.5 Å². The summed E-state index contributed by atoms with van der Waals surface area (Å²) in [7, 11) is -9.56. The summed E-state index contributed by atoms with van der Waals surface area (Å²) in [6.07, 6.45) is -1.36. The smallest absolute Gasteiger partial charge is 0.491 e. The molecule has 0 spiro atoms. The maximum atomic E-state index is 13.1. The van der Waals surface area contributed by atoms with Gasteiger partial charge in [-0.1, -0.05) is 120 Å². The van der Waals surface area contributed by atoms with Crippen molar-refractivity contribution in [2.75, 3.05) is 11.9 Å². The van der Waals surface area contributed by atoms with Crippen LogP contribution in [-0.2, 0) is 22.7 Å². The van der Waals surface area contributed by atoms with Crippen LogP contribution in [0.25, 0.3) is 11.2 Å². The molecule has 1 unspecified atom stereocenters. The lowest BCUT2D eigenvalue weighted by Crippen LogP contribution is -2.67. The predicted molar refractivity (Wildman–Crippen MR) is 213 cm³/mol. The number of hydrogen-bond acceptors (Lipinski definition) is 11. The first-order valence-electron chi connectivity index (χ1n) is 18.1. The summed E-state index contributed by atoms with van der Waals surface area (Å²) in [6, 6.07) is 28.8. The number of ether oxygens (including phenoxy) is 1. The molecule has 290 valence electrons. The number of anilines is 1. The van der Waals surface area contributed by atoms with E-state index in [0.29, 0.717) is 5.56 Å². The quantitative estimate of drug-likeness (QED) is 0.0906. The molecule has 5 atom stereocenters. The van der Waals surface area contributed by atoms with E-state index in [-0.39, 0.29) is 28.6 Å². The van der Waals surface area contributed by atoms with Crippen LogP contribution in [0.2, 0.25) is 23.2 Å². The highest BCUT2D eigenvalue weighted by atomic mass is 31.1. The van der Waals surface area contributed by atoms with Gasteiger partial charge in [0.2, 0.25) is 0 Å². The minimum absolute atomic E-state index is 0.0929. The number of amides is 1. The Kier molecular flexibility index (Phi) is 11.4. The van der Waals surface area contributed by atoms with E-state index in [1.165, 1.54) is 17.2 Å². The van der Waals surface area contributed by atoms with E-state index in [4.69, 9.17) is 18.1 Å². The Balaban J connectivity index is 1.46. The third-order valence-corrected chi connectivity index (χ3v) is 20.5. The first-order chi connectivity index (χ1) is 25.9. The SMILES string of the molecule is CC(C)(C)[Si](C)(C)O[C@@H]1[C@@H](CO[Si](c2ccccc2)(c2ccccc2)C(C)(C)C)O[C@@H](n2cnc3c(NC(=O)c4ccccc4)ncnc32)[C@@]1(O)O[P+](=O)[O-]. The molecule has 0 saturated carbocycles. The molecule has 6 rings (SSSR count). The maximum absolute atomic E-state index is 13.1. The molecular weight excluding hydrogens is 754 g/mol. The van der Waals surface area contributed by atoms with Crippen LogP contribution in [0, 0.1) is 0 Å². The van der Waals surface area contributed by atoms with Gasteiger partial charge in [0.1, 0.15) is 18.5 Å². The number of carbonyl (C=O) groups excluding carboxylic acids is 1. The first kappa shape index (κ1) is 40.6. The second kappa shape index (κ2) is 15.5. The number of nitrogens with zero attached hydrogens (tertiary/aromatic N) is 4. The van der Waals surface area contributed by atoms with Gasteiger partial charge in [-0.2, -0.15) is 0 Å². The van der Waals surface area contributed by atoms with E-state index < -0.39 is 60.1 Å². The number of hydrogen-bond donors (Lipinski definition) is 2. The summed E-state index contributed by atoms with van der Waals surface area (Å²) in [5, 5.41) is 16.7. The van der Waals surface area contributed by atoms with E-state index >= 15 is 0 Å². The van der Waals surface area contributed by atoms with Crippen LogP contribution in [0.5, 0.6) is 0 Å². The van der Waals surface area contributed by atoms with Crippen molar-refractivity contribution in [3.05, 3.63) is 109 Å². The Morgan fingerprint density at radius 1 is 0.909 bits per heavy atom. The topological polar surface area (TPSA) is 170 Å². The minimum atomic E-state index is -3.64. The second-order valence-corrected chi connectivity index (χ2v) is 25.9. The number of nitrogens with one attached hydrogen (secondary N) is 1. The molecule has 1 amide bonds. The van der Waals surface area contributed by atoms with Crippen LogP contribution < -0.4 is 20.6 Å². The van der Waals surface area contributed by atoms with Crippen molar-refractivity contribution in [2.24, 2.45) is 0 Å². The standard InChI is InChI=1S/C39H48N5O8PSi2/c1-37(2,3)54(7,8)51-32-30(24-49-55(38(4,5)6,28-20-14-10-15-21-28)29-22-16-11-17-23-29)50-36(39(32,46)52-53(47)48)44-26-42-31-33(40-25-41-34(31)44)43-35(45)27-18-12-9-13-19-27/h9-23,25-26,30,32,36,46H,24H2,1-8H3,(H,40,41,43,45)/t30-,32-,36-,39+/m1/s1. The van der Waals surface area contributed by atoms with Gasteiger partial charge in [-0.15, -0.1) is 4.52 Å². The van der Waals surface area contributed by atoms with Gasteiger partial charge in [-0.3, -0.25) is 9.36 Å². The largest absolute Gasteiger partial charge is 0.566 e. The molecule has 2 N–H and O–H groups in total. The molecule has 1 fully saturated rings. The number of imidazole rings is 1. The maximum Gasteiger partial charge on any atom is 0.491 e. The molecule has 0 bridgehead atoms. The summed E-state index contributed by atoms with van der Waals surface area (Å²) < 4.78 is 40.2. The number of carbonyl (C=O) groups is 1. The van der Waals surface area contributed by atoms with Crippen LogP contribution >= 0.6 is 8.25 Å². The zero-order chi connectivity index (χ0) is 39.8. The lowest BCUT2D eigenvalue weighted by Gasteiger charge is -2.44. The normalized spacial score (nSPS) is 21.1. The molecule has 2 aromatic heterocycles. The van der Waals surface area contributed by atoms with Gasteiger partial charge in [-0.25, -0.2) is 15.0 Å². The first-order valence-corrected chi connectivity index (χ1v) is 24.0. The Morgan fingerprint density at radius 3 is 2.00 bits per heavy atom. The molecule has 55 heavy (non-hydrogen) atoms. The second-order valence-electron chi connectivity index (χ2n) is 16.2. The molecule has 0 radical (unpaired) electrons. The highest BCUT2D eigenvalue weighted by Gasteiger charge is 2.65. The molecular formula is C39H48N5O8PSi2. The van der Waals surface area contributed by atoms with Gasteiger partial charge in [0, 0.05) is 5.56 Å². The molecule has 0 aliphatic carbocycles. The zero-order valence-corrected chi connectivity index (χ0v) is 35.2. The summed E-state index contributed by atoms with van der Waals surface area (Å²) in [4.78, 5) is 38.8. The van der Waals surface area contributed by atoms with Crippen molar-refractivity contribution in [2.45, 2.75) is 88.9 Å². The molecule has 1 saturated heterocycles. The lowest BCUT2D eigenvalue weighted by molar-refractivity contribution is -0.264. The van der Waals surface area contributed by atoms with Crippen molar-refractivity contribution in [1.29, 1.82) is 0 Å². The number of aliphatic hydroxyl groups is 1. The summed E-state index contributed by atoms with van der Waals surface area (Å²) >= 11 is 0. The molecule has 1 aliphatic heterocycles. The Hall–Kier alpha value is -4.03. The summed E-state index contributed by atoms with van der Waals surface area (Å²) in [5.74, 6) is -2.91. The number of fused-ring (bicyclic) bond motifs is 1. The van der Waals surface area contributed by atoms with Crippen LogP contribution in [0.4, 0.5) is 5.82 Å². The van der Waals surface area contributed by atoms with E-state index in [0.717, 1.165) is 10.4 Å². The highest BCUT2D eigenvalue weighted by Crippen LogP contribution is 2.49. The zero-order valence-electron chi connectivity index (χ0n) is 32.3. The van der Waals surface area contributed by atoms with Crippen molar-refractivity contribution in [1.82, 2.24) is 19.5 Å². The van der Waals surface area contributed by atoms with E-state index in [1.54, 1.807) is 30.3 Å². The number of benzene rings is 3. The summed E-state index contributed by atoms with van der Waals surface area (Å²) in [6.45, 7) is 16.5. The monoisotopic (exact) mass is 801 g/mol. The third kappa shape index (κ3) is 7.86. The van der Waals surface area contributed by atoms with E-state index in [9.17, 15) is 19.4 Å². The third-order valence-electron chi connectivity index (χ3n) is 10.6. The Labute approximate surface area is 324 Å². The molecule has 1 aliphatic rings. The highest BCUT2D eigenvalue weighted by molar-refractivity contribution is 7.30. The number of rotatable bonds is 12. The van der Waals surface area contributed by atoms with Crippen LogP contribution in [-0.4, -0.2) is 71.8 Å². The van der Waals surface area contributed by atoms with Crippen LogP contribution in [0.1, 0.15) is 58.1 Å². The van der Waals surface area contributed by atoms with Gasteiger partial charge >= 0.3 is 8.25 Å².